The maximum atomic E-state index is 6.29. The summed E-state index contributed by atoms with van der Waals surface area (Å²) in [5.41, 5.74) is 10.4. The minimum atomic E-state index is -0.0719. The van der Waals surface area contributed by atoms with Gasteiger partial charge in [-0.3, -0.25) is 9.67 Å². The molecule has 2 N–H and O–H groups in total. The van der Waals surface area contributed by atoms with Crippen molar-refractivity contribution in [2.24, 2.45) is 12.8 Å². The zero-order chi connectivity index (χ0) is 14.1. The summed E-state index contributed by atoms with van der Waals surface area (Å²) >= 11 is 0. The number of rotatable bonds is 3. The van der Waals surface area contributed by atoms with Crippen LogP contribution in [0.25, 0.3) is 10.9 Å². The number of pyridine rings is 1. The minimum Gasteiger partial charge on any atom is -0.324 e. The van der Waals surface area contributed by atoms with Gasteiger partial charge in [-0.15, -0.1) is 0 Å². The second-order valence-electron chi connectivity index (χ2n) is 5.15. The normalized spacial score (nSPS) is 12.8. The van der Waals surface area contributed by atoms with Gasteiger partial charge in [0.25, 0.3) is 0 Å². The first-order valence-electron chi connectivity index (χ1n) is 6.74. The molecule has 1 unspecified atom stereocenters. The molecule has 102 valence electrons. The number of benzene rings is 1. The van der Waals surface area contributed by atoms with Crippen molar-refractivity contribution in [2.75, 3.05) is 0 Å². The van der Waals surface area contributed by atoms with Gasteiger partial charge in [-0.25, -0.2) is 0 Å². The molecule has 4 nitrogen and oxygen atoms in total. The fourth-order valence-electron chi connectivity index (χ4n) is 2.54. The second-order valence-corrected chi connectivity index (χ2v) is 5.15. The van der Waals surface area contributed by atoms with Gasteiger partial charge >= 0.3 is 0 Å². The predicted molar refractivity (Wildman–Crippen MR) is 80.3 cm³/mol. The first-order chi connectivity index (χ1) is 9.63. The number of nitrogens with two attached hydrogens (primary N) is 1. The standard InChI is InChI=1S/C16H18N4/c1-11-14(10-20(2)19-11)15(17)9-13-8-7-12-5-3-4-6-16(12)18-13/h3-8,10,15H,9,17H2,1-2H3. The molecular weight excluding hydrogens is 248 g/mol. The lowest BCUT2D eigenvalue weighted by Gasteiger charge is -2.10. The number of nitrogens with zero attached hydrogens (tertiary/aromatic N) is 3. The molecule has 0 radical (unpaired) electrons. The lowest BCUT2D eigenvalue weighted by atomic mass is 10.0. The van der Waals surface area contributed by atoms with Gasteiger partial charge in [-0.2, -0.15) is 5.10 Å². The zero-order valence-corrected chi connectivity index (χ0v) is 11.7. The van der Waals surface area contributed by atoms with Crippen molar-refractivity contribution in [3.63, 3.8) is 0 Å². The average molecular weight is 266 g/mol. The molecule has 1 atom stereocenters. The van der Waals surface area contributed by atoms with Gasteiger partial charge in [-0.1, -0.05) is 24.3 Å². The van der Waals surface area contributed by atoms with Gasteiger partial charge in [0.15, 0.2) is 0 Å². The fraction of sp³-hybridized carbons (Fsp3) is 0.250. The maximum Gasteiger partial charge on any atom is 0.0705 e. The Morgan fingerprint density at radius 1 is 1.20 bits per heavy atom. The number of aromatic nitrogens is 3. The number of aryl methyl sites for hydroxylation is 2. The molecule has 4 heteroatoms. The Labute approximate surface area is 118 Å². The Bertz CT molecular complexity index is 745. The maximum absolute atomic E-state index is 6.29. The number of fused-ring (bicyclic) bond motifs is 1. The Hall–Kier alpha value is -2.20. The van der Waals surface area contributed by atoms with Gasteiger partial charge in [0.1, 0.15) is 0 Å². The van der Waals surface area contributed by atoms with Gasteiger partial charge in [0.05, 0.1) is 11.2 Å². The molecule has 0 fully saturated rings. The highest BCUT2D eigenvalue weighted by Crippen LogP contribution is 2.19. The Kier molecular flexibility index (Phi) is 3.24. The molecule has 2 heterocycles. The van der Waals surface area contributed by atoms with E-state index in [1.54, 1.807) is 4.68 Å². The first-order valence-corrected chi connectivity index (χ1v) is 6.74. The highest BCUT2D eigenvalue weighted by Gasteiger charge is 2.13. The smallest absolute Gasteiger partial charge is 0.0705 e. The summed E-state index contributed by atoms with van der Waals surface area (Å²) in [5, 5.41) is 5.49. The third-order valence-electron chi connectivity index (χ3n) is 3.54. The molecule has 0 aliphatic rings. The van der Waals surface area contributed by atoms with Crippen molar-refractivity contribution < 1.29 is 0 Å². The highest BCUT2D eigenvalue weighted by atomic mass is 15.2. The van der Waals surface area contributed by atoms with Crippen LogP contribution in [0.15, 0.2) is 42.6 Å². The van der Waals surface area contributed by atoms with Crippen molar-refractivity contribution in [3.8, 4) is 0 Å². The topological polar surface area (TPSA) is 56.7 Å². The molecule has 0 saturated heterocycles. The monoisotopic (exact) mass is 266 g/mol. The average Bonchev–Trinajstić information content (AvgIpc) is 2.78. The summed E-state index contributed by atoms with van der Waals surface area (Å²) in [4.78, 5) is 4.67. The van der Waals surface area contributed by atoms with E-state index in [0.717, 1.165) is 34.3 Å². The van der Waals surface area contributed by atoms with Crippen LogP contribution in [0, 0.1) is 6.92 Å². The third-order valence-corrected chi connectivity index (χ3v) is 3.54. The zero-order valence-electron chi connectivity index (χ0n) is 11.7. The first kappa shape index (κ1) is 12.8. The molecule has 0 spiro atoms. The van der Waals surface area contributed by atoms with Crippen molar-refractivity contribution >= 4 is 10.9 Å². The van der Waals surface area contributed by atoms with E-state index in [2.05, 4.69) is 22.2 Å². The van der Waals surface area contributed by atoms with E-state index in [9.17, 15) is 0 Å². The molecule has 20 heavy (non-hydrogen) atoms. The van der Waals surface area contributed by atoms with Gasteiger partial charge in [0, 0.05) is 42.4 Å². The van der Waals surface area contributed by atoms with Crippen LogP contribution in [-0.4, -0.2) is 14.8 Å². The molecule has 0 saturated carbocycles. The lowest BCUT2D eigenvalue weighted by molar-refractivity contribution is 0.703. The summed E-state index contributed by atoms with van der Waals surface area (Å²) < 4.78 is 1.80. The molecular formula is C16H18N4. The van der Waals surface area contributed by atoms with Gasteiger partial charge < -0.3 is 5.73 Å². The van der Waals surface area contributed by atoms with Crippen LogP contribution in [0.5, 0.6) is 0 Å². The summed E-state index contributed by atoms with van der Waals surface area (Å²) in [6.45, 7) is 1.99. The molecule has 0 amide bonds. The molecule has 2 aromatic heterocycles. The number of hydrogen-bond acceptors (Lipinski definition) is 3. The van der Waals surface area contributed by atoms with Crippen LogP contribution in [0.4, 0.5) is 0 Å². The van der Waals surface area contributed by atoms with Crippen LogP contribution >= 0.6 is 0 Å². The van der Waals surface area contributed by atoms with E-state index < -0.39 is 0 Å². The second kappa shape index (κ2) is 5.06. The van der Waals surface area contributed by atoms with E-state index in [1.807, 2.05) is 44.4 Å². The summed E-state index contributed by atoms with van der Waals surface area (Å²) in [5.74, 6) is 0. The van der Waals surface area contributed by atoms with Crippen molar-refractivity contribution in [3.05, 3.63) is 59.5 Å². The van der Waals surface area contributed by atoms with Crippen LogP contribution in [0.3, 0.4) is 0 Å². The van der Waals surface area contributed by atoms with Gasteiger partial charge in [0.2, 0.25) is 0 Å². The minimum absolute atomic E-state index is 0.0719. The van der Waals surface area contributed by atoms with E-state index in [1.165, 1.54) is 0 Å². The Morgan fingerprint density at radius 2 is 2.00 bits per heavy atom. The lowest BCUT2D eigenvalue weighted by Crippen LogP contribution is -2.14. The summed E-state index contributed by atoms with van der Waals surface area (Å²) in [6.07, 6.45) is 2.71. The summed E-state index contributed by atoms with van der Waals surface area (Å²) in [7, 11) is 1.91. The number of para-hydroxylation sites is 1. The van der Waals surface area contributed by atoms with Crippen molar-refractivity contribution in [2.45, 2.75) is 19.4 Å². The van der Waals surface area contributed by atoms with Crippen molar-refractivity contribution in [1.82, 2.24) is 14.8 Å². The highest BCUT2D eigenvalue weighted by molar-refractivity contribution is 5.78. The molecule has 0 aliphatic heterocycles. The van der Waals surface area contributed by atoms with Crippen LogP contribution in [0.1, 0.15) is 23.0 Å². The van der Waals surface area contributed by atoms with Gasteiger partial charge in [-0.05, 0) is 19.1 Å². The predicted octanol–water partition coefficient (Wildman–Crippen LogP) is 2.52. The third kappa shape index (κ3) is 2.42. The van der Waals surface area contributed by atoms with E-state index in [-0.39, 0.29) is 6.04 Å². The Morgan fingerprint density at radius 3 is 2.75 bits per heavy atom. The van der Waals surface area contributed by atoms with Crippen LogP contribution in [-0.2, 0) is 13.5 Å². The Balaban J connectivity index is 1.87. The SMILES string of the molecule is Cc1nn(C)cc1C(N)Cc1ccc2ccccc2n1. The van der Waals surface area contributed by atoms with E-state index in [0.29, 0.717) is 0 Å². The van der Waals surface area contributed by atoms with Crippen molar-refractivity contribution in [1.29, 1.82) is 0 Å². The fourth-order valence-corrected chi connectivity index (χ4v) is 2.54. The van der Waals surface area contributed by atoms with Crippen LogP contribution in [0.2, 0.25) is 0 Å². The molecule has 1 aromatic carbocycles. The van der Waals surface area contributed by atoms with Crippen LogP contribution < -0.4 is 5.73 Å². The largest absolute Gasteiger partial charge is 0.324 e. The quantitative estimate of drug-likeness (QED) is 0.792. The van der Waals surface area contributed by atoms with E-state index in [4.69, 9.17) is 5.73 Å². The summed E-state index contributed by atoms with van der Waals surface area (Å²) in [6, 6.07) is 12.2. The number of hydrogen-bond donors (Lipinski definition) is 1. The molecule has 3 rings (SSSR count). The molecule has 0 aliphatic carbocycles. The molecule has 3 aromatic rings. The molecule has 0 bridgehead atoms. The van der Waals surface area contributed by atoms with E-state index >= 15 is 0 Å².